The van der Waals surface area contributed by atoms with Gasteiger partial charge >= 0.3 is 0 Å². The van der Waals surface area contributed by atoms with Gasteiger partial charge in [-0.05, 0) is 62.2 Å². The zero-order chi connectivity index (χ0) is 14.7. The van der Waals surface area contributed by atoms with Crippen molar-refractivity contribution in [2.45, 2.75) is 16.6 Å². The molecule has 0 fully saturated rings. The summed E-state index contributed by atoms with van der Waals surface area (Å²) in [6.45, 7) is 0.809. The normalized spacial score (nSPS) is 10.8. The van der Waals surface area contributed by atoms with Crippen LogP contribution in [-0.2, 0) is 6.54 Å². The van der Waals surface area contributed by atoms with Crippen LogP contribution in [0.1, 0.15) is 4.88 Å². The summed E-state index contributed by atoms with van der Waals surface area (Å²) in [6.07, 6.45) is 1.51. The van der Waals surface area contributed by atoms with Crippen LogP contribution < -0.4 is 5.32 Å². The first-order chi connectivity index (χ1) is 10.2. The molecule has 0 spiro atoms. The van der Waals surface area contributed by atoms with Gasteiger partial charge < -0.3 is 5.32 Å². The Morgan fingerprint density at radius 2 is 2.05 bits per heavy atom. The Morgan fingerprint density at radius 3 is 2.67 bits per heavy atom. The summed E-state index contributed by atoms with van der Waals surface area (Å²) in [5.74, 6) is 0. The molecular weight excluding hydrogens is 436 g/mol. The number of halogens is 2. The highest BCUT2D eigenvalue weighted by Crippen LogP contribution is 2.33. The van der Waals surface area contributed by atoms with E-state index in [2.05, 4.69) is 82.7 Å². The third-order valence-electron chi connectivity index (χ3n) is 2.62. The monoisotopic (exact) mass is 444 g/mol. The minimum Gasteiger partial charge on any atom is -0.380 e. The van der Waals surface area contributed by atoms with Crippen molar-refractivity contribution in [1.82, 2.24) is 15.2 Å². The second-order valence-electron chi connectivity index (χ2n) is 4.10. The number of thiophene rings is 1. The minimum atomic E-state index is 0.795. The fraction of sp³-hybridized carbons (Fsp3) is 0.0769. The van der Waals surface area contributed by atoms with E-state index >= 15 is 0 Å². The summed E-state index contributed by atoms with van der Waals surface area (Å²) in [4.78, 5) is 6.49. The predicted octanol–water partition coefficient (Wildman–Crippen LogP) is 5.15. The standard InChI is InChI=1S/C13H10Br2N4S2/c14-11-5-10(20-12(11)15)6-16-8-1-3-9(4-2-8)21-13-17-7-18-19-13/h1-5,7,16H,6H2,(H,17,18,19). The second-order valence-corrected chi connectivity index (χ2v) is 8.48. The molecule has 0 amide bonds. The van der Waals surface area contributed by atoms with E-state index in [4.69, 9.17) is 0 Å². The van der Waals surface area contributed by atoms with Crippen molar-refractivity contribution < 1.29 is 0 Å². The Balaban J connectivity index is 1.59. The van der Waals surface area contributed by atoms with Gasteiger partial charge in [0.1, 0.15) is 6.33 Å². The number of aromatic amines is 1. The molecule has 0 saturated carbocycles. The summed E-state index contributed by atoms with van der Waals surface area (Å²) in [6, 6.07) is 10.4. The van der Waals surface area contributed by atoms with Crippen LogP contribution in [0.2, 0.25) is 0 Å². The van der Waals surface area contributed by atoms with Crippen LogP contribution in [0.25, 0.3) is 0 Å². The van der Waals surface area contributed by atoms with E-state index in [0.29, 0.717) is 0 Å². The molecule has 108 valence electrons. The Morgan fingerprint density at radius 1 is 1.24 bits per heavy atom. The lowest BCUT2D eigenvalue weighted by molar-refractivity contribution is 0.973. The summed E-state index contributed by atoms with van der Waals surface area (Å²) in [7, 11) is 0. The number of hydrogen-bond acceptors (Lipinski definition) is 5. The largest absolute Gasteiger partial charge is 0.380 e. The smallest absolute Gasteiger partial charge is 0.188 e. The summed E-state index contributed by atoms with van der Waals surface area (Å²) in [5, 5.41) is 10.9. The molecule has 2 aromatic heterocycles. The Bertz CT molecular complexity index is 691. The van der Waals surface area contributed by atoms with Gasteiger partial charge in [-0.25, -0.2) is 4.98 Å². The maximum Gasteiger partial charge on any atom is 0.188 e. The molecule has 21 heavy (non-hydrogen) atoms. The SMILES string of the molecule is Brc1cc(CNc2ccc(Sc3ncn[nH]3)cc2)sc1Br. The Hall–Kier alpha value is -0.830. The first-order valence-corrected chi connectivity index (χ1v) is 9.23. The van der Waals surface area contributed by atoms with Crippen LogP contribution in [0.15, 0.2) is 55.0 Å². The molecule has 3 aromatic rings. The van der Waals surface area contributed by atoms with Gasteiger partial charge in [0.15, 0.2) is 5.16 Å². The number of H-pyrrole nitrogens is 1. The average molecular weight is 446 g/mol. The number of anilines is 1. The molecule has 3 rings (SSSR count). The lowest BCUT2D eigenvalue weighted by Gasteiger charge is -2.05. The van der Waals surface area contributed by atoms with Crippen LogP contribution in [0.3, 0.4) is 0 Å². The number of nitrogens with zero attached hydrogens (tertiary/aromatic N) is 2. The number of benzene rings is 1. The van der Waals surface area contributed by atoms with E-state index < -0.39 is 0 Å². The predicted molar refractivity (Wildman–Crippen MR) is 94.0 cm³/mol. The molecule has 0 aliphatic rings. The van der Waals surface area contributed by atoms with E-state index in [-0.39, 0.29) is 0 Å². The van der Waals surface area contributed by atoms with Crippen LogP contribution >= 0.6 is 55.0 Å². The third kappa shape index (κ3) is 4.09. The zero-order valence-corrected chi connectivity index (χ0v) is 15.4. The zero-order valence-electron chi connectivity index (χ0n) is 10.6. The van der Waals surface area contributed by atoms with E-state index in [9.17, 15) is 0 Å². The van der Waals surface area contributed by atoms with Crippen molar-refractivity contribution >= 4 is 60.6 Å². The van der Waals surface area contributed by atoms with Gasteiger partial charge in [-0.15, -0.1) is 11.3 Å². The highest BCUT2D eigenvalue weighted by atomic mass is 79.9. The molecule has 8 heteroatoms. The molecule has 2 heterocycles. The van der Waals surface area contributed by atoms with E-state index in [0.717, 1.165) is 30.5 Å². The first-order valence-electron chi connectivity index (χ1n) is 6.01. The number of aromatic nitrogens is 3. The molecule has 0 bridgehead atoms. The van der Waals surface area contributed by atoms with Crippen molar-refractivity contribution in [2.75, 3.05) is 5.32 Å². The van der Waals surface area contributed by atoms with Crippen molar-refractivity contribution in [1.29, 1.82) is 0 Å². The van der Waals surface area contributed by atoms with Gasteiger partial charge in [-0.1, -0.05) is 11.8 Å². The quantitative estimate of drug-likeness (QED) is 0.569. The van der Waals surface area contributed by atoms with Gasteiger partial charge in [0.05, 0.1) is 3.79 Å². The molecule has 0 atom stereocenters. The molecule has 0 radical (unpaired) electrons. The second kappa shape index (κ2) is 6.95. The number of hydrogen-bond donors (Lipinski definition) is 2. The summed E-state index contributed by atoms with van der Waals surface area (Å²) in [5.41, 5.74) is 1.09. The van der Waals surface area contributed by atoms with Gasteiger partial charge in [0.2, 0.25) is 0 Å². The average Bonchev–Trinajstić information content (AvgIpc) is 3.09. The van der Waals surface area contributed by atoms with Gasteiger partial charge in [0, 0.05) is 26.5 Å². The molecule has 0 unspecified atom stereocenters. The van der Waals surface area contributed by atoms with Gasteiger partial charge in [0.25, 0.3) is 0 Å². The summed E-state index contributed by atoms with van der Waals surface area (Å²) < 4.78 is 2.22. The lowest BCUT2D eigenvalue weighted by atomic mass is 10.3. The molecule has 1 aromatic carbocycles. The fourth-order valence-electron chi connectivity index (χ4n) is 1.66. The number of nitrogens with one attached hydrogen (secondary N) is 2. The fourth-order valence-corrected chi connectivity index (χ4v) is 4.47. The van der Waals surface area contributed by atoms with Gasteiger partial charge in [-0.2, -0.15) is 5.10 Å². The highest BCUT2D eigenvalue weighted by Gasteiger charge is 2.04. The first kappa shape index (κ1) is 15.1. The van der Waals surface area contributed by atoms with Crippen LogP contribution in [-0.4, -0.2) is 15.2 Å². The summed E-state index contributed by atoms with van der Waals surface area (Å²) >= 11 is 10.3. The maximum absolute atomic E-state index is 4.09. The maximum atomic E-state index is 4.09. The highest BCUT2D eigenvalue weighted by molar-refractivity contribution is 9.13. The molecule has 0 aliphatic carbocycles. The molecule has 4 nitrogen and oxygen atoms in total. The Kier molecular flexibility index (Phi) is 4.99. The van der Waals surface area contributed by atoms with Crippen molar-refractivity contribution in [3.63, 3.8) is 0 Å². The van der Waals surface area contributed by atoms with E-state index in [1.807, 2.05) is 0 Å². The van der Waals surface area contributed by atoms with Crippen LogP contribution in [0, 0.1) is 0 Å². The van der Waals surface area contributed by atoms with E-state index in [1.54, 1.807) is 23.1 Å². The molecular formula is C13H10Br2N4S2. The number of rotatable bonds is 5. The lowest BCUT2D eigenvalue weighted by Crippen LogP contribution is -1.96. The van der Waals surface area contributed by atoms with Crippen molar-refractivity contribution in [3.05, 3.63) is 49.8 Å². The molecule has 0 aliphatic heterocycles. The molecule has 0 saturated heterocycles. The van der Waals surface area contributed by atoms with Crippen molar-refractivity contribution in [3.8, 4) is 0 Å². The van der Waals surface area contributed by atoms with Gasteiger partial charge in [-0.3, -0.25) is 5.10 Å². The van der Waals surface area contributed by atoms with Crippen molar-refractivity contribution in [2.24, 2.45) is 0 Å². The molecule has 2 N–H and O–H groups in total. The third-order valence-corrected chi connectivity index (χ3v) is 6.78. The van der Waals surface area contributed by atoms with E-state index in [1.165, 1.54) is 11.2 Å². The Labute approximate surface area is 147 Å². The van der Waals surface area contributed by atoms with Crippen LogP contribution in [0.5, 0.6) is 0 Å². The van der Waals surface area contributed by atoms with Crippen LogP contribution in [0.4, 0.5) is 5.69 Å². The topological polar surface area (TPSA) is 53.6 Å². The minimum absolute atomic E-state index is 0.795.